The van der Waals surface area contributed by atoms with Crippen LogP contribution in [0.25, 0.3) is 0 Å². The Bertz CT molecular complexity index is 664. The molecular formula is C19H21NO4S. The zero-order chi connectivity index (χ0) is 17.9. The summed E-state index contributed by atoms with van der Waals surface area (Å²) in [4.78, 5) is 23.1. The molecule has 1 amide bonds. The van der Waals surface area contributed by atoms with Crippen LogP contribution >= 0.6 is 11.8 Å². The van der Waals surface area contributed by atoms with E-state index in [-0.39, 0.29) is 6.61 Å². The highest BCUT2D eigenvalue weighted by molar-refractivity contribution is 7.98. The zero-order valence-corrected chi connectivity index (χ0v) is 14.6. The predicted octanol–water partition coefficient (Wildman–Crippen LogP) is 3.69. The van der Waals surface area contributed by atoms with Crippen LogP contribution in [0.1, 0.15) is 17.5 Å². The number of benzene rings is 2. The highest BCUT2D eigenvalue weighted by Crippen LogP contribution is 2.13. The van der Waals surface area contributed by atoms with Crippen molar-refractivity contribution < 1.29 is 19.4 Å². The van der Waals surface area contributed by atoms with Gasteiger partial charge in [-0.2, -0.15) is 11.8 Å². The fourth-order valence-corrected chi connectivity index (χ4v) is 3.10. The molecule has 0 radical (unpaired) electrons. The first-order valence-electron chi connectivity index (χ1n) is 7.97. The number of carboxylic acid groups (broad SMARTS) is 1. The van der Waals surface area contributed by atoms with Crippen molar-refractivity contribution in [3.05, 3.63) is 71.8 Å². The van der Waals surface area contributed by atoms with Crippen LogP contribution in [0.15, 0.2) is 60.7 Å². The van der Waals surface area contributed by atoms with Crippen molar-refractivity contribution in [1.82, 2.24) is 5.32 Å². The summed E-state index contributed by atoms with van der Waals surface area (Å²) in [5.74, 6) is 0.383. The fraction of sp³-hybridized carbons (Fsp3) is 0.263. The van der Waals surface area contributed by atoms with E-state index in [0.29, 0.717) is 12.2 Å². The van der Waals surface area contributed by atoms with E-state index in [1.807, 2.05) is 60.7 Å². The smallest absolute Gasteiger partial charge is 0.408 e. The summed E-state index contributed by atoms with van der Waals surface area (Å²) in [7, 11) is 0. The predicted molar refractivity (Wildman–Crippen MR) is 98.4 cm³/mol. The van der Waals surface area contributed by atoms with E-state index in [9.17, 15) is 14.7 Å². The molecule has 25 heavy (non-hydrogen) atoms. The van der Waals surface area contributed by atoms with Crippen LogP contribution in [0.3, 0.4) is 0 Å². The number of carbonyl (C=O) groups is 2. The summed E-state index contributed by atoms with van der Waals surface area (Å²) in [6, 6.07) is 18.2. The molecule has 0 saturated heterocycles. The molecule has 0 heterocycles. The van der Waals surface area contributed by atoms with Gasteiger partial charge in [0.15, 0.2) is 0 Å². The lowest BCUT2D eigenvalue weighted by atomic mass is 10.2. The maximum atomic E-state index is 11.8. The molecule has 2 rings (SSSR count). The highest BCUT2D eigenvalue weighted by atomic mass is 32.2. The van der Waals surface area contributed by atoms with E-state index < -0.39 is 18.1 Å². The number of amides is 1. The third-order valence-electron chi connectivity index (χ3n) is 3.47. The third-order valence-corrected chi connectivity index (χ3v) is 4.53. The van der Waals surface area contributed by atoms with Gasteiger partial charge in [0.1, 0.15) is 12.6 Å². The summed E-state index contributed by atoms with van der Waals surface area (Å²) < 4.78 is 5.06. The Kier molecular flexibility index (Phi) is 7.85. The van der Waals surface area contributed by atoms with Crippen LogP contribution in [-0.4, -0.2) is 29.0 Å². The highest BCUT2D eigenvalue weighted by Gasteiger charge is 2.20. The van der Waals surface area contributed by atoms with Gasteiger partial charge in [-0.25, -0.2) is 9.59 Å². The lowest BCUT2D eigenvalue weighted by Crippen LogP contribution is -2.41. The largest absolute Gasteiger partial charge is 0.480 e. The lowest BCUT2D eigenvalue weighted by Gasteiger charge is -2.14. The Morgan fingerprint density at radius 1 is 1.00 bits per heavy atom. The maximum absolute atomic E-state index is 11.8. The van der Waals surface area contributed by atoms with Crippen LogP contribution in [0.4, 0.5) is 4.79 Å². The summed E-state index contributed by atoms with van der Waals surface area (Å²) in [5.41, 5.74) is 2.04. The van der Waals surface area contributed by atoms with E-state index in [1.54, 1.807) is 11.8 Å². The van der Waals surface area contributed by atoms with Crippen LogP contribution in [0.2, 0.25) is 0 Å². The molecule has 5 nitrogen and oxygen atoms in total. The molecule has 0 fully saturated rings. The Morgan fingerprint density at radius 3 is 2.20 bits per heavy atom. The second-order valence-corrected chi connectivity index (χ2v) is 6.53. The topological polar surface area (TPSA) is 75.6 Å². The standard InChI is InChI=1S/C19H21NO4S/c21-18(22)17(11-12-25-14-16-9-5-2-6-10-16)20-19(23)24-13-15-7-3-1-4-8-15/h1-10,17H,11-14H2,(H,20,23)(H,21,22)/t17-/m1/s1. The number of ether oxygens (including phenoxy) is 1. The number of aliphatic carboxylic acids is 1. The maximum Gasteiger partial charge on any atom is 0.408 e. The lowest BCUT2D eigenvalue weighted by molar-refractivity contribution is -0.139. The molecule has 0 unspecified atom stereocenters. The summed E-state index contributed by atoms with van der Waals surface area (Å²) in [6.07, 6.45) is -0.378. The molecule has 0 aliphatic carbocycles. The van der Waals surface area contributed by atoms with Crippen molar-refractivity contribution in [3.8, 4) is 0 Å². The first-order chi connectivity index (χ1) is 12.1. The van der Waals surface area contributed by atoms with Gasteiger partial charge in [-0.05, 0) is 23.3 Å². The molecule has 132 valence electrons. The molecule has 2 aromatic carbocycles. The number of alkyl carbamates (subject to hydrolysis) is 1. The van der Waals surface area contributed by atoms with Gasteiger partial charge in [-0.3, -0.25) is 0 Å². The first kappa shape index (κ1) is 18.9. The van der Waals surface area contributed by atoms with Gasteiger partial charge in [0.2, 0.25) is 0 Å². The first-order valence-corrected chi connectivity index (χ1v) is 9.12. The molecule has 0 spiro atoms. The van der Waals surface area contributed by atoms with Crippen molar-refractivity contribution in [2.75, 3.05) is 5.75 Å². The molecule has 1 atom stereocenters. The Morgan fingerprint density at radius 2 is 1.60 bits per heavy atom. The van der Waals surface area contributed by atoms with Crippen molar-refractivity contribution in [2.45, 2.75) is 24.8 Å². The van der Waals surface area contributed by atoms with Gasteiger partial charge in [0.25, 0.3) is 0 Å². The number of carbonyl (C=O) groups excluding carboxylic acids is 1. The molecule has 2 N–H and O–H groups in total. The number of hydrogen-bond donors (Lipinski definition) is 2. The molecular weight excluding hydrogens is 338 g/mol. The molecule has 0 bridgehead atoms. The monoisotopic (exact) mass is 359 g/mol. The van der Waals surface area contributed by atoms with Crippen molar-refractivity contribution in [2.24, 2.45) is 0 Å². The van der Waals surface area contributed by atoms with Crippen LogP contribution < -0.4 is 5.32 Å². The number of carboxylic acids is 1. The van der Waals surface area contributed by atoms with Gasteiger partial charge >= 0.3 is 12.1 Å². The van der Waals surface area contributed by atoms with E-state index in [4.69, 9.17) is 4.74 Å². The molecule has 0 saturated carbocycles. The average Bonchev–Trinajstić information content (AvgIpc) is 2.64. The Hall–Kier alpha value is -2.47. The fourth-order valence-electron chi connectivity index (χ4n) is 2.13. The Balaban J connectivity index is 1.70. The SMILES string of the molecule is O=C(N[C@H](CCSCc1ccccc1)C(=O)O)OCc1ccccc1. The third kappa shape index (κ3) is 7.30. The van der Waals surface area contributed by atoms with E-state index in [2.05, 4.69) is 5.32 Å². The van der Waals surface area contributed by atoms with Gasteiger partial charge < -0.3 is 15.2 Å². The minimum absolute atomic E-state index is 0.113. The number of hydrogen-bond acceptors (Lipinski definition) is 4. The molecule has 0 aromatic heterocycles. The van der Waals surface area contributed by atoms with Crippen molar-refractivity contribution >= 4 is 23.8 Å². The van der Waals surface area contributed by atoms with Gasteiger partial charge in [-0.1, -0.05) is 60.7 Å². The minimum atomic E-state index is -1.06. The minimum Gasteiger partial charge on any atom is -0.480 e. The molecule has 6 heteroatoms. The zero-order valence-electron chi connectivity index (χ0n) is 13.8. The quantitative estimate of drug-likeness (QED) is 0.668. The summed E-state index contributed by atoms with van der Waals surface area (Å²) in [6.45, 7) is 0.113. The van der Waals surface area contributed by atoms with E-state index >= 15 is 0 Å². The Labute approximate surface area is 151 Å². The number of rotatable bonds is 9. The van der Waals surface area contributed by atoms with Gasteiger partial charge in [0, 0.05) is 5.75 Å². The van der Waals surface area contributed by atoms with Gasteiger partial charge in [0.05, 0.1) is 0 Å². The molecule has 2 aromatic rings. The van der Waals surface area contributed by atoms with E-state index in [0.717, 1.165) is 11.3 Å². The average molecular weight is 359 g/mol. The molecule has 0 aliphatic heterocycles. The van der Waals surface area contributed by atoms with Crippen LogP contribution in [-0.2, 0) is 21.9 Å². The number of thioether (sulfide) groups is 1. The summed E-state index contributed by atoms with van der Waals surface area (Å²) in [5, 5.41) is 11.7. The van der Waals surface area contributed by atoms with Crippen LogP contribution in [0, 0.1) is 0 Å². The summed E-state index contributed by atoms with van der Waals surface area (Å²) >= 11 is 1.63. The normalized spacial score (nSPS) is 11.5. The van der Waals surface area contributed by atoms with Crippen LogP contribution in [0.5, 0.6) is 0 Å². The van der Waals surface area contributed by atoms with Gasteiger partial charge in [-0.15, -0.1) is 0 Å². The van der Waals surface area contributed by atoms with E-state index in [1.165, 1.54) is 5.56 Å². The second-order valence-electron chi connectivity index (χ2n) is 5.42. The van der Waals surface area contributed by atoms with Crippen molar-refractivity contribution in [3.63, 3.8) is 0 Å². The molecule has 0 aliphatic rings. The number of nitrogens with one attached hydrogen (secondary N) is 1. The second kappa shape index (κ2) is 10.4. The van der Waals surface area contributed by atoms with Crippen molar-refractivity contribution in [1.29, 1.82) is 0 Å².